The van der Waals surface area contributed by atoms with Gasteiger partial charge >= 0.3 is 5.97 Å². The smallest absolute Gasteiger partial charge is 0.337 e. The van der Waals surface area contributed by atoms with Crippen molar-refractivity contribution < 1.29 is 28.6 Å². The van der Waals surface area contributed by atoms with E-state index in [1.807, 2.05) is 13.8 Å². The molecule has 0 aliphatic heterocycles. The van der Waals surface area contributed by atoms with Gasteiger partial charge in [-0.1, -0.05) is 0 Å². The van der Waals surface area contributed by atoms with Crippen LogP contribution in [0.2, 0.25) is 0 Å². The van der Waals surface area contributed by atoms with Crippen LogP contribution >= 0.6 is 0 Å². The molecule has 0 atom stereocenters. The Labute approximate surface area is 167 Å². The Balaban J connectivity index is 1.78. The molecule has 8 nitrogen and oxygen atoms in total. The highest BCUT2D eigenvalue weighted by molar-refractivity contribution is 6.04. The van der Waals surface area contributed by atoms with E-state index in [1.165, 1.54) is 18.3 Å². The van der Waals surface area contributed by atoms with Crippen LogP contribution in [0.25, 0.3) is 0 Å². The summed E-state index contributed by atoms with van der Waals surface area (Å²) < 4.78 is 16.7. The van der Waals surface area contributed by atoms with E-state index in [1.54, 1.807) is 36.6 Å². The molecule has 1 aromatic carbocycles. The van der Waals surface area contributed by atoms with Crippen LogP contribution in [-0.2, 0) is 6.61 Å². The first-order valence-electron chi connectivity index (χ1n) is 8.88. The molecule has 2 heterocycles. The molecule has 8 heteroatoms. The molecule has 0 aliphatic carbocycles. The summed E-state index contributed by atoms with van der Waals surface area (Å²) in [4.78, 5) is 27.5. The molecule has 0 aliphatic rings. The number of carbonyl (C=O) groups is 2. The summed E-state index contributed by atoms with van der Waals surface area (Å²) in [5, 5.41) is 11.6. The Hall–Kier alpha value is -3.81. The fraction of sp³-hybridized carbons (Fsp3) is 0.190. The zero-order chi connectivity index (χ0) is 20.8. The fourth-order valence-electron chi connectivity index (χ4n) is 2.46. The molecule has 0 saturated carbocycles. The lowest BCUT2D eigenvalue weighted by Crippen LogP contribution is -2.14. The topological polar surface area (TPSA) is 111 Å². The molecule has 1 amide bonds. The SMILES string of the molecule is CC(C)Oc1cc(OCc2ccco2)cc(C(=O)Nc2ccc(C(=O)O)cn2)c1. The fourth-order valence-corrected chi connectivity index (χ4v) is 2.46. The van der Waals surface area contributed by atoms with Gasteiger partial charge in [0.15, 0.2) is 0 Å². The number of hydrogen-bond donors (Lipinski definition) is 2. The lowest BCUT2D eigenvalue weighted by molar-refractivity contribution is 0.0696. The standard InChI is InChI=1S/C21H20N2O6/c1-13(2)29-18-9-15(8-17(10-18)28-12-16-4-3-7-27-16)20(24)23-19-6-5-14(11-22-19)21(25)26/h3-11,13H,12H2,1-2H3,(H,25,26)(H,22,23,24). The van der Waals surface area contributed by atoms with Gasteiger partial charge in [-0.15, -0.1) is 0 Å². The number of anilines is 1. The quantitative estimate of drug-likeness (QED) is 0.592. The van der Waals surface area contributed by atoms with Crippen molar-refractivity contribution in [3.63, 3.8) is 0 Å². The average molecular weight is 396 g/mol. The summed E-state index contributed by atoms with van der Waals surface area (Å²) in [6.45, 7) is 3.96. The minimum absolute atomic E-state index is 0.0314. The van der Waals surface area contributed by atoms with Gasteiger partial charge in [0, 0.05) is 17.8 Å². The van der Waals surface area contributed by atoms with Crippen LogP contribution in [0.1, 0.15) is 40.3 Å². The number of carbonyl (C=O) groups excluding carboxylic acids is 1. The third kappa shape index (κ3) is 5.58. The van der Waals surface area contributed by atoms with Crippen LogP contribution in [0.5, 0.6) is 11.5 Å². The van der Waals surface area contributed by atoms with Crippen molar-refractivity contribution in [1.82, 2.24) is 4.98 Å². The van der Waals surface area contributed by atoms with Gasteiger partial charge in [-0.05, 0) is 50.2 Å². The number of nitrogens with one attached hydrogen (secondary N) is 1. The van der Waals surface area contributed by atoms with E-state index >= 15 is 0 Å². The predicted molar refractivity (Wildman–Crippen MR) is 104 cm³/mol. The Morgan fingerprint density at radius 3 is 2.55 bits per heavy atom. The van der Waals surface area contributed by atoms with Crippen LogP contribution in [0.3, 0.4) is 0 Å². The van der Waals surface area contributed by atoms with Gasteiger partial charge in [-0.25, -0.2) is 9.78 Å². The third-order valence-corrected chi connectivity index (χ3v) is 3.73. The molecule has 29 heavy (non-hydrogen) atoms. The molecule has 0 spiro atoms. The van der Waals surface area contributed by atoms with Crippen molar-refractivity contribution in [2.24, 2.45) is 0 Å². The first-order chi connectivity index (χ1) is 13.9. The van der Waals surface area contributed by atoms with Gasteiger partial charge in [-0.3, -0.25) is 4.79 Å². The molecular formula is C21H20N2O6. The zero-order valence-electron chi connectivity index (χ0n) is 15.9. The van der Waals surface area contributed by atoms with Gasteiger partial charge < -0.3 is 24.3 Å². The third-order valence-electron chi connectivity index (χ3n) is 3.73. The van der Waals surface area contributed by atoms with Crippen LogP contribution in [-0.4, -0.2) is 28.1 Å². The van der Waals surface area contributed by atoms with Gasteiger partial charge in [0.25, 0.3) is 5.91 Å². The predicted octanol–water partition coefficient (Wildman–Crippen LogP) is 3.99. The molecule has 0 bridgehead atoms. The number of nitrogens with zero attached hydrogens (tertiary/aromatic N) is 1. The highest BCUT2D eigenvalue weighted by atomic mass is 16.5. The van der Waals surface area contributed by atoms with Crippen LogP contribution in [0.15, 0.2) is 59.3 Å². The summed E-state index contributed by atoms with van der Waals surface area (Å²) in [7, 11) is 0. The number of benzene rings is 1. The summed E-state index contributed by atoms with van der Waals surface area (Å²) in [5.41, 5.74) is 0.339. The van der Waals surface area contributed by atoms with Crippen LogP contribution in [0, 0.1) is 0 Å². The van der Waals surface area contributed by atoms with Crippen LogP contribution < -0.4 is 14.8 Å². The van der Waals surface area contributed by atoms with Gasteiger partial charge in [0.05, 0.1) is 17.9 Å². The minimum atomic E-state index is -1.09. The van der Waals surface area contributed by atoms with E-state index in [-0.39, 0.29) is 24.1 Å². The zero-order valence-corrected chi connectivity index (χ0v) is 15.9. The van der Waals surface area contributed by atoms with Crippen molar-refractivity contribution in [2.75, 3.05) is 5.32 Å². The Morgan fingerprint density at radius 2 is 1.93 bits per heavy atom. The number of aromatic carboxylic acids is 1. The largest absolute Gasteiger partial charge is 0.491 e. The van der Waals surface area contributed by atoms with Crippen molar-refractivity contribution >= 4 is 17.7 Å². The van der Waals surface area contributed by atoms with Gasteiger partial charge in [0.1, 0.15) is 29.7 Å². The van der Waals surface area contributed by atoms with Gasteiger partial charge in [0.2, 0.25) is 0 Å². The summed E-state index contributed by atoms with van der Waals surface area (Å²) in [5.74, 6) is 0.280. The molecule has 3 rings (SSSR count). The second kappa shape index (κ2) is 8.92. The number of rotatable bonds is 8. The first-order valence-corrected chi connectivity index (χ1v) is 8.88. The maximum absolute atomic E-state index is 12.7. The highest BCUT2D eigenvalue weighted by Gasteiger charge is 2.13. The van der Waals surface area contributed by atoms with Crippen LogP contribution in [0.4, 0.5) is 5.82 Å². The Morgan fingerprint density at radius 1 is 1.14 bits per heavy atom. The average Bonchev–Trinajstić information content (AvgIpc) is 3.20. The van der Waals surface area contributed by atoms with E-state index in [2.05, 4.69) is 10.3 Å². The number of amides is 1. The lowest BCUT2D eigenvalue weighted by Gasteiger charge is -2.14. The number of carboxylic acids is 1. The molecule has 0 fully saturated rings. The molecule has 0 saturated heterocycles. The van der Waals surface area contributed by atoms with Crippen molar-refractivity contribution in [2.45, 2.75) is 26.6 Å². The summed E-state index contributed by atoms with van der Waals surface area (Å²) in [6, 6.07) is 11.2. The number of ether oxygens (including phenoxy) is 2. The number of aromatic nitrogens is 1. The number of hydrogen-bond acceptors (Lipinski definition) is 6. The number of pyridine rings is 1. The van der Waals surface area contributed by atoms with E-state index in [0.717, 1.165) is 0 Å². The Bertz CT molecular complexity index is 981. The molecule has 0 radical (unpaired) electrons. The number of carboxylic acid groups (broad SMARTS) is 1. The molecule has 0 unspecified atom stereocenters. The van der Waals surface area contributed by atoms with E-state index in [0.29, 0.717) is 22.8 Å². The normalized spacial score (nSPS) is 10.6. The lowest BCUT2D eigenvalue weighted by atomic mass is 10.2. The monoisotopic (exact) mass is 396 g/mol. The molecule has 150 valence electrons. The number of furan rings is 1. The van der Waals surface area contributed by atoms with E-state index in [4.69, 9.17) is 19.0 Å². The molecule has 2 N–H and O–H groups in total. The van der Waals surface area contributed by atoms with Crippen molar-refractivity contribution in [3.05, 3.63) is 71.8 Å². The molecule has 2 aromatic heterocycles. The second-order valence-electron chi connectivity index (χ2n) is 6.42. The minimum Gasteiger partial charge on any atom is -0.491 e. The summed E-state index contributed by atoms with van der Waals surface area (Å²) in [6.07, 6.45) is 2.64. The van der Waals surface area contributed by atoms with Crippen molar-refractivity contribution in [3.8, 4) is 11.5 Å². The van der Waals surface area contributed by atoms with E-state index in [9.17, 15) is 9.59 Å². The highest BCUT2D eigenvalue weighted by Crippen LogP contribution is 2.25. The maximum atomic E-state index is 12.7. The van der Waals surface area contributed by atoms with Gasteiger partial charge in [-0.2, -0.15) is 0 Å². The van der Waals surface area contributed by atoms with Crippen molar-refractivity contribution in [1.29, 1.82) is 0 Å². The summed E-state index contributed by atoms with van der Waals surface area (Å²) >= 11 is 0. The molecular weight excluding hydrogens is 376 g/mol. The van der Waals surface area contributed by atoms with E-state index < -0.39 is 11.9 Å². The molecule has 3 aromatic rings. The second-order valence-corrected chi connectivity index (χ2v) is 6.42. The maximum Gasteiger partial charge on any atom is 0.337 e. The Kier molecular flexibility index (Phi) is 6.13. The first kappa shape index (κ1) is 19.9.